The van der Waals surface area contributed by atoms with E-state index in [2.05, 4.69) is 21.6 Å². The van der Waals surface area contributed by atoms with Crippen LogP contribution in [-0.4, -0.2) is 33.5 Å². The molecule has 0 bridgehead atoms. The predicted octanol–water partition coefficient (Wildman–Crippen LogP) is 3.40. The van der Waals surface area contributed by atoms with Crippen LogP contribution in [-0.2, 0) is 6.54 Å². The fourth-order valence-corrected chi connectivity index (χ4v) is 5.53. The molecular weight excluding hydrogens is 298 g/mol. The average Bonchev–Trinajstić information content (AvgIpc) is 2.76. The normalized spacial score (nSPS) is 23.2. The molecule has 1 saturated carbocycles. The van der Waals surface area contributed by atoms with Gasteiger partial charge >= 0.3 is 0 Å². The third kappa shape index (κ3) is 3.78. The quantitative estimate of drug-likeness (QED) is 0.907. The standard InChI is InChI=1S/C13H21N3S2.ClH/c14-12-15-8-11(18-12)9-16-6-7-17-13(10-16)4-2-1-3-5-13;/h8H,1-7,9-10H2,(H2,14,15);1H. The molecule has 1 aromatic rings. The number of nitrogens with zero attached hydrogens (tertiary/aromatic N) is 2. The van der Waals surface area contributed by atoms with Crippen LogP contribution in [0.1, 0.15) is 37.0 Å². The van der Waals surface area contributed by atoms with Gasteiger partial charge in [0.05, 0.1) is 0 Å². The third-order valence-electron chi connectivity index (χ3n) is 4.04. The Kier molecular flexibility index (Phi) is 5.40. The molecule has 0 amide bonds. The Hall–Kier alpha value is 0.0300. The van der Waals surface area contributed by atoms with E-state index in [1.54, 1.807) is 11.3 Å². The van der Waals surface area contributed by atoms with E-state index in [0.29, 0.717) is 9.88 Å². The van der Waals surface area contributed by atoms with E-state index < -0.39 is 0 Å². The second-order valence-electron chi connectivity index (χ2n) is 5.47. The molecule has 108 valence electrons. The van der Waals surface area contributed by atoms with Gasteiger partial charge in [0.15, 0.2) is 5.13 Å². The number of halogens is 1. The molecule has 2 heterocycles. The van der Waals surface area contributed by atoms with Crippen molar-refractivity contribution in [3.8, 4) is 0 Å². The highest BCUT2D eigenvalue weighted by molar-refractivity contribution is 8.00. The van der Waals surface area contributed by atoms with Crippen molar-refractivity contribution in [3.05, 3.63) is 11.1 Å². The van der Waals surface area contributed by atoms with Gasteiger partial charge in [0.1, 0.15) is 0 Å². The van der Waals surface area contributed by atoms with E-state index in [0.717, 1.165) is 6.54 Å². The van der Waals surface area contributed by atoms with E-state index in [1.807, 2.05) is 6.20 Å². The molecule has 1 saturated heterocycles. The maximum Gasteiger partial charge on any atom is 0.180 e. The smallest absolute Gasteiger partial charge is 0.180 e. The number of anilines is 1. The largest absolute Gasteiger partial charge is 0.375 e. The summed E-state index contributed by atoms with van der Waals surface area (Å²) in [7, 11) is 0. The SMILES string of the molecule is Cl.Nc1ncc(CN2CCSC3(CCCCC3)C2)s1. The summed E-state index contributed by atoms with van der Waals surface area (Å²) in [4.78, 5) is 8.07. The molecule has 19 heavy (non-hydrogen) atoms. The van der Waals surface area contributed by atoms with Crippen LogP contribution in [0, 0.1) is 0 Å². The number of thioether (sulfide) groups is 1. The highest BCUT2D eigenvalue weighted by atomic mass is 35.5. The highest BCUT2D eigenvalue weighted by Crippen LogP contribution is 2.43. The second-order valence-corrected chi connectivity index (χ2v) is 8.18. The van der Waals surface area contributed by atoms with E-state index in [1.165, 1.54) is 55.8 Å². The first-order valence-electron chi connectivity index (χ1n) is 6.82. The molecule has 3 rings (SSSR count). The van der Waals surface area contributed by atoms with Crippen molar-refractivity contribution in [1.29, 1.82) is 0 Å². The minimum atomic E-state index is 0. The summed E-state index contributed by atoms with van der Waals surface area (Å²) in [6, 6.07) is 0. The molecule has 1 aromatic heterocycles. The molecule has 1 spiro atoms. The Bertz CT molecular complexity index is 399. The first-order valence-corrected chi connectivity index (χ1v) is 8.63. The van der Waals surface area contributed by atoms with Crippen molar-refractivity contribution in [1.82, 2.24) is 9.88 Å². The molecule has 0 aromatic carbocycles. The Morgan fingerprint density at radius 2 is 2.11 bits per heavy atom. The lowest BCUT2D eigenvalue weighted by Crippen LogP contribution is -2.47. The molecule has 2 fully saturated rings. The minimum Gasteiger partial charge on any atom is -0.375 e. The van der Waals surface area contributed by atoms with Crippen molar-refractivity contribution >= 4 is 40.6 Å². The molecule has 0 atom stereocenters. The number of hydrogen-bond donors (Lipinski definition) is 1. The Labute approximate surface area is 129 Å². The zero-order valence-electron chi connectivity index (χ0n) is 11.1. The van der Waals surface area contributed by atoms with Gasteiger partial charge in [0.2, 0.25) is 0 Å². The van der Waals surface area contributed by atoms with Crippen LogP contribution in [0.25, 0.3) is 0 Å². The van der Waals surface area contributed by atoms with E-state index >= 15 is 0 Å². The molecule has 1 aliphatic carbocycles. The molecule has 2 aliphatic rings. The number of nitrogen functional groups attached to an aromatic ring is 1. The number of aromatic nitrogens is 1. The van der Waals surface area contributed by atoms with Gasteiger partial charge in [-0.2, -0.15) is 11.8 Å². The molecule has 1 aliphatic heterocycles. The first kappa shape index (κ1) is 15.4. The van der Waals surface area contributed by atoms with Crippen molar-refractivity contribution in [2.75, 3.05) is 24.6 Å². The zero-order chi connectivity index (χ0) is 12.4. The third-order valence-corrected chi connectivity index (χ3v) is 6.39. The Balaban J connectivity index is 0.00000133. The molecule has 6 heteroatoms. The molecule has 3 nitrogen and oxygen atoms in total. The summed E-state index contributed by atoms with van der Waals surface area (Å²) in [5, 5.41) is 0.698. The van der Waals surface area contributed by atoms with E-state index in [4.69, 9.17) is 5.73 Å². The first-order chi connectivity index (χ1) is 8.76. The summed E-state index contributed by atoms with van der Waals surface area (Å²) in [6.45, 7) is 3.51. The number of rotatable bonds is 2. The molecule has 0 unspecified atom stereocenters. The fraction of sp³-hybridized carbons (Fsp3) is 0.769. The summed E-state index contributed by atoms with van der Waals surface area (Å²) >= 11 is 3.86. The fourth-order valence-electron chi connectivity index (χ4n) is 3.17. The van der Waals surface area contributed by atoms with Gasteiger partial charge in [-0.25, -0.2) is 4.98 Å². The minimum absolute atomic E-state index is 0. The molecule has 0 radical (unpaired) electrons. The van der Waals surface area contributed by atoms with Crippen LogP contribution in [0.2, 0.25) is 0 Å². The Morgan fingerprint density at radius 3 is 2.79 bits per heavy atom. The van der Waals surface area contributed by atoms with Crippen LogP contribution in [0.5, 0.6) is 0 Å². The zero-order valence-corrected chi connectivity index (χ0v) is 13.6. The molecule has 2 N–H and O–H groups in total. The maximum atomic E-state index is 5.70. The molecular formula is C13H22ClN3S2. The van der Waals surface area contributed by atoms with Gasteiger partial charge in [-0.15, -0.1) is 23.7 Å². The van der Waals surface area contributed by atoms with Crippen LogP contribution in [0.15, 0.2) is 6.20 Å². The topological polar surface area (TPSA) is 42.1 Å². The maximum absolute atomic E-state index is 5.70. The van der Waals surface area contributed by atoms with Gasteiger partial charge in [-0.05, 0) is 12.8 Å². The lowest BCUT2D eigenvalue weighted by molar-refractivity contribution is 0.214. The van der Waals surface area contributed by atoms with Gasteiger partial charge in [-0.3, -0.25) is 4.90 Å². The van der Waals surface area contributed by atoms with Crippen molar-refractivity contribution in [3.63, 3.8) is 0 Å². The average molecular weight is 320 g/mol. The number of thiazole rings is 1. The van der Waals surface area contributed by atoms with Crippen LogP contribution < -0.4 is 5.73 Å². The monoisotopic (exact) mass is 319 g/mol. The highest BCUT2D eigenvalue weighted by Gasteiger charge is 2.37. The van der Waals surface area contributed by atoms with Crippen LogP contribution >= 0.6 is 35.5 Å². The lowest BCUT2D eigenvalue weighted by atomic mass is 9.87. The van der Waals surface area contributed by atoms with Crippen LogP contribution in [0.4, 0.5) is 5.13 Å². The van der Waals surface area contributed by atoms with E-state index in [9.17, 15) is 0 Å². The number of hydrogen-bond acceptors (Lipinski definition) is 5. The van der Waals surface area contributed by atoms with Crippen molar-refractivity contribution in [2.45, 2.75) is 43.4 Å². The van der Waals surface area contributed by atoms with Crippen LogP contribution in [0.3, 0.4) is 0 Å². The lowest BCUT2D eigenvalue weighted by Gasteiger charge is -2.44. The summed E-state index contributed by atoms with van der Waals surface area (Å²) < 4.78 is 0.562. The second kappa shape index (κ2) is 6.66. The van der Waals surface area contributed by atoms with Gasteiger partial charge in [0, 0.05) is 41.2 Å². The number of nitrogens with two attached hydrogens (primary N) is 1. The van der Waals surface area contributed by atoms with E-state index in [-0.39, 0.29) is 12.4 Å². The Morgan fingerprint density at radius 1 is 1.32 bits per heavy atom. The van der Waals surface area contributed by atoms with Gasteiger partial charge in [-0.1, -0.05) is 19.3 Å². The summed E-state index contributed by atoms with van der Waals surface area (Å²) in [6.07, 6.45) is 9.06. The van der Waals surface area contributed by atoms with Crippen molar-refractivity contribution in [2.24, 2.45) is 0 Å². The predicted molar refractivity (Wildman–Crippen MR) is 87.3 cm³/mol. The summed E-state index contributed by atoms with van der Waals surface area (Å²) in [5.41, 5.74) is 5.70. The van der Waals surface area contributed by atoms with Gasteiger partial charge in [0.25, 0.3) is 0 Å². The van der Waals surface area contributed by atoms with Crippen molar-refractivity contribution < 1.29 is 0 Å². The summed E-state index contributed by atoms with van der Waals surface area (Å²) in [5.74, 6) is 1.29. The van der Waals surface area contributed by atoms with Gasteiger partial charge < -0.3 is 5.73 Å².